The van der Waals surface area contributed by atoms with Gasteiger partial charge in [-0.05, 0) is 41.5 Å². The topological polar surface area (TPSA) is 31.2 Å². The van der Waals surface area contributed by atoms with E-state index in [1.807, 2.05) is 18.2 Å². The molecule has 1 aromatic heterocycles. The van der Waals surface area contributed by atoms with E-state index in [2.05, 4.69) is 61.7 Å². The van der Waals surface area contributed by atoms with Gasteiger partial charge in [0.05, 0.1) is 13.0 Å². The number of unbranched alkanes of at least 4 members (excludes halogenated alkanes) is 3. The number of aromatic nitrogens is 1. The summed E-state index contributed by atoms with van der Waals surface area (Å²) in [6, 6.07) is 18.5. The van der Waals surface area contributed by atoms with Gasteiger partial charge in [-0.25, -0.2) is 0 Å². The molecule has 1 aliphatic rings. The second kappa shape index (κ2) is 10.2. The van der Waals surface area contributed by atoms with Crippen molar-refractivity contribution in [2.24, 2.45) is 5.41 Å². The van der Waals surface area contributed by atoms with Crippen LogP contribution in [0, 0.1) is 5.41 Å². The van der Waals surface area contributed by atoms with Crippen LogP contribution in [-0.4, -0.2) is 17.1 Å². The zero-order valence-electron chi connectivity index (χ0n) is 20.0. The fraction of sp³-hybridized carbons (Fsp3) is 0.414. The summed E-state index contributed by atoms with van der Waals surface area (Å²) in [4.78, 5) is 12.9. The van der Waals surface area contributed by atoms with Gasteiger partial charge in [-0.3, -0.25) is 4.79 Å². The van der Waals surface area contributed by atoms with E-state index in [1.54, 1.807) is 0 Å². The van der Waals surface area contributed by atoms with Crippen LogP contribution in [0.4, 0.5) is 0 Å². The number of ether oxygens (including phenoxy) is 1. The van der Waals surface area contributed by atoms with Gasteiger partial charge in [0.2, 0.25) is 0 Å². The molecule has 0 spiro atoms. The second-order valence-electron chi connectivity index (χ2n) is 9.90. The maximum absolute atomic E-state index is 12.9. The maximum atomic E-state index is 12.9. The number of benzene rings is 2. The first-order chi connectivity index (χ1) is 15.9. The molecule has 0 fully saturated rings. The lowest BCUT2D eigenvalue weighted by Crippen LogP contribution is -2.17. The van der Waals surface area contributed by atoms with Crippen molar-refractivity contribution in [3.63, 3.8) is 0 Å². The molecule has 3 nitrogen and oxygen atoms in total. The summed E-state index contributed by atoms with van der Waals surface area (Å²) >= 11 is 6.21. The summed E-state index contributed by atoms with van der Waals surface area (Å²) in [6.07, 6.45) is 5.64. The van der Waals surface area contributed by atoms with Crippen molar-refractivity contribution in [1.29, 1.82) is 0 Å². The monoisotopic (exact) mass is 463 g/mol. The average molecular weight is 464 g/mol. The van der Waals surface area contributed by atoms with E-state index in [9.17, 15) is 4.79 Å². The van der Waals surface area contributed by atoms with Crippen LogP contribution >= 0.6 is 11.6 Å². The molecule has 2 heterocycles. The molecular weight excluding hydrogens is 430 g/mol. The smallest absolute Gasteiger partial charge is 0.311 e. The summed E-state index contributed by atoms with van der Waals surface area (Å²) in [6.45, 7) is 8.18. The van der Waals surface area contributed by atoms with Crippen molar-refractivity contribution in [3.05, 3.63) is 71.0 Å². The van der Waals surface area contributed by atoms with E-state index in [0.717, 1.165) is 42.6 Å². The summed E-state index contributed by atoms with van der Waals surface area (Å²) in [5.41, 5.74) is 7.14. The van der Waals surface area contributed by atoms with Crippen LogP contribution in [0.3, 0.4) is 0 Å². The summed E-state index contributed by atoms with van der Waals surface area (Å²) in [5, 5.41) is 0.709. The molecule has 0 unspecified atom stereocenters. The summed E-state index contributed by atoms with van der Waals surface area (Å²) in [5.74, 6) is -0.147. The minimum absolute atomic E-state index is 0.147. The second-order valence-corrected chi connectivity index (χ2v) is 10.3. The van der Waals surface area contributed by atoms with Gasteiger partial charge in [-0.15, -0.1) is 0 Å². The van der Waals surface area contributed by atoms with Gasteiger partial charge in [0.15, 0.2) is 0 Å². The van der Waals surface area contributed by atoms with Crippen molar-refractivity contribution in [2.75, 3.05) is 6.61 Å². The fourth-order valence-electron chi connectivity index (χ4n) is 4.96. The first kappa shape index (κ1) is 23.6. The number of hydrogen-bond donors (Lipinski definition) is 0. The van der Waals surface area contributed by atoms with E-state index >= 15 is 0 Å². The number of halogens is 1. The van der Waals surface area contributed by atoms with E-state index < -0.39 is 0 Å². The van der Waals surface area contributed by atoms with Gasteiger partial charge in [-0.1, -0.05) is 94.1 Å². The highest BCUT2D eigenvalue weighted by Crippen LogP contribution is 2.47. The number of rotatable bonds is 9. The largest absolute Gasteiger partial charge is 0.465 e. The van der Waals surface area contributed by atoms with Crippen LogP contribution < -0.4 is 0 Å². The minimum Gasteiger partial charge on any atom is -0.465 e. The van der Waals surface area contributed by atoms with Crippen LogP contribution in [0.15, 0.2) is 54.6 Å². The predicted octanol–water partition coefficient (Wildman–Crippen LogP) is 7.72. The number of fused-ring (bicyclic) bond motifs is 1. The molecule has 0 radical (unpaired) electrons. The van der Waals surface area contributed by atoms with E-state index in [1.165, 1.54) is 29.7 Å². The van der Waals surface area contributed by atoms with Crippen LogP contribution in [-0.2, 0) is 28.9 Å². The molecule has 1 aliphatic heterocycles. The van der Waals surface area contributed by atoms with Gasteiger partial charge in [0.1, 0.15) is 0 Å². The average Bonchev–Trinajstić information content (AvgIpc) is 3.25. The third kappa shape index (κ3) is 5.35. The molecule has 4 heteroatoms. The molecule has 0 saturated heterocycles. The van der Waals surface area contributed by atoms with Crippen molar-refractivity contribution in [3.8, 4) is 22.3 Å². The standard InChI is InChI=1S/C29H34ClNO2/c1-4-5-6-10-17-33-26(32)18-24-27(22-13-15-23(30)16-14-22)28(21-11-8-7-9-12-21)25-19-29(2,3)20-31(24)25/h7-9,11-16H,4-6,10,17-20H2,1-3H3. The van der Waals surface area contributed by atoms with Crippen molar-refractivity contribution >= 4 is 17.6 Å². The third-order valence-electron chi connectivity index (χ3n) is 6.48. The van der Waals surface area contributed by atoms with Crippen LogP contribution in [0.1, 0.15) is 57.8 Å². The van der Waals surface area contributed by atoms with Crippen molar-refractivity contribution in [1.82, 2.24) is 4.57 Å². The molecule has 3 aromatic rings. The van der Waals surface area contributed by atoms with Gasteiger partial charge < -0.3 is 9.30 Å². The number of nitrogens with zero attached hydrogens (tertiary/aromatic N) is 1. The molecule has 0 N–H and O–H groups in total. The minimum atomic E-state index is -0.147. The first-order valence-corrected chi connectivity index (χ1v) is 12.5. The van der Waals surface area contributed by atoms with Crippen LogP contribution in [0.5, 0.6) is 0 Å². The molecular formula is C29H34ClNO2. The van der Waals surface area contributed by atoms with Gasteiger partial charge in [0, 0.05) is 34.1 Å². The Hall–Kier alpha value is -2.52. The summed E-state index contributed by atoms with van der Waals surface area (Å²) < 4.78 is 8.04. The Morgan fingerprint density at radius 2 is 1.67 bits per heavy atom. The lowest BCUT2D eigenvalue weighted by Gasteiger charge is -2.19. The molecule has 0 bridgehead atoms. The highest BCUT2D eigenvalue weighted by molar-refractivity contribution is 6.30. The third-order valence-corrected chi connectivity index (χ3v) is 6.73. The van der Waals surface area contributed by atoms with Gasteiger partial charge in [-0.2, -0.15) is 0 Å². The number of carbonyl (C=O) groups is 1. The quantitative estimate of drug-likeness (QED) is 0.240. The van der Waals surface area contributed by atoms with E-state index in [-0.39, 0.29) is 17.8 Å². The Labute approximate surface area is 202 Å². The molecule has 2 aromatic carbocycles. The Kier molecular flexibility index (Phi) is 7.29. The lowest BCUT2D eigenvalue weighted by molar-refractivity contribution is -0.143. The summed E-state index contributed by atoms with van der Waals surface area (Å²) in [7, 11) is 0. The van der Waals surface area contributed by atoms with Crippen LogP contribution in [0.25, 0.3) is 22.3 Å². The predicted molar refractivity (Wildman–Crippen MR) is 137 cm³/mol. The highest BCUT2D eigenvalue weighted by Gasteiger charge is 2.36. The number of hydrogen-bond acceptors (Lipinski definition) is 2. The molecule has 0 aliphatic carbocycles. The molecule has 0 saturated carbocycles. The lowest BCUT2D eigenvalue weighted by atomic mass is 9.86. The van der Waals surface area contributed by atoms with E-state index in [0.29, 0.717) is 11.6 Å². The first-order valence-electron chi connectivity index (χ1n) is 12.1. The van der Waals surface area contributed by atoms with Gasteiger partial charge in [0.25, 0.3) is 0 Å². The normalized spacial score (nSPS) is 14.3. The Morgan fingerprint density at radius 3 is 2.36 bits per heavy atom. The fourth-order valence-corrected chi connectivity index (χ4v) is 5.09. The highest BCUT2D eigenvalue weighted by atomic mass is 35.5. The molecule has 0 atom stereocenters. The number of carbonyl (C=O) groups excluding carboxylic acids is 1. The molecule has 4 rings (SSSR count). The van der Waals surface area contributed by atoms with Crippen molar-refractivity contribution < 1.29 is 9.53 Å². The van der Waals surface area contributed by atoms with Gasteiger partial charge >= 0.3 is 5.97 Å². The molecule has 174 valence electrons. The van der Waals surface area contributed by atoms with E-state index in [4.69, 9.17) is 16.3 Å². The van der Waals surface area contributed by atoms with Crippen LogP contribution in [0.2, 0.25) is 5.02 Å². The maximum Gasteiger partial charge on any atom is 0.311 e. The Morgan fingerprint density at radius 1 is 0.970 bits per heavy atom. The number of esters is 1. The zero-order valence-corrected chi connectivity index (χ0v) is 20.8. The molecule has 0 amide bonds. The zero-order chi connectivity index (χ0) is 23.4. The molecule has 33 heavy (non-hydrogen) atoms. The Bertz CT molecular complexity index is 1100. The van der Waals surface area contributed by atoms with Crippen molar-refractivity contribution in [2.45, 2.75) is 65.8 Å². The SMILES string of the molecule is CCCCCCOC(=O)Cc1c(-c2ccc(Cl)cc2)c(-c2ccccc2)c2n1CC(C)(C)C2. The Balaban J connectivity index is 1.76.